The van der Waals surface area contributed by atoms with Gasteiger partial charge in [-0.2, -0.15) is 0 Å². The molecule has 0 spiro atoms. The monoisotopic (exact) mass is 430 g/mol. The lowest BCUT2D eigenvalue weighted by atomic mass is 10.0. The van der Waals surface area contributed by atoms with Crippen LogP contribution in [0.15, 0.2) is 41.4 Å². The molecule has 8 heteroatoms. The van der Waals surface area contributed by atoms with Crippen molar-refractivity contribution in [1.29, 1.82) is 0 Å². The molecule has 1 aromatic heterocycles. The zero-order chi connectivity index (χ0) is 22.7. The number of hydrogen-bond acceptors (Lipinski definition) is 7. The topological polar surface area (TPSA) is 105 Å². The number of aromatic nitrogens is 2. The van der Waals surface area contributed by atoms with Crippen molar-refractivity contribution in [3.63, 3.8) is 0 Å². The number of ether oxygens (including phenoxy) is 1. The fraction of sp³-hybridized carbons (Fsp3) is 0.292. The van der Waals surface area contributed by atoms with Gasteiger partial charge in [0.1, 0.15) is 0 Å². The van der Waals surface area contributed by atoms with Crippen LogP contribution in [0.4, 0.5) is 0 Å². The van der Waals surface area contributed by atoms with Gasteiger partial charge in [-0.25, -0.2) is 14.8 Å². The van der Waals surface area contributed by atoms with Crippen LogP contribution in [-0.4, -0.2) is 70.4 Å². The number of nitrogens with zero attached hydrogens (tertiary/aromatic N) is 4. The van der Waals surface area contributed by atoms with Crippen molar-refractivity contribution in [2.24, 2.45) is 4.99 Å². The second kappa shape index (κ2) is 8.73. The normalized spacial score (nSPS) is 19.5. The predicted octanol–water partition coefficient (Wildman–Crippen LogP) is 1.73. The molecule has 1 fully saturated rings. The van der Waals surface area contributed by atoms with Crippen molar-refractivity contribution in [3.05, 3.63) is 53.4 Å². The summed E-state index contributed by atoms with van der Waals surface area (Å²) in [5, 5.41) is 10.5. The lowest BCUT2D eigenvalue weighted by molar-refractivity contribution is -0.137. The van der Waals surface area contributed by atoms with Gasteiger partial charge >= 0.3 is 5.97 Å². The molecule has 0 saturated carbocycles. The molecule has 1 N–H and O–H groups in total. The van der Waals surface area contributed by atoms with Crippen molar-refractivity contribution < 1.29 is 19.4 Å². The van der Waals surface area contributed by atoms with Gasteiger partial charge in [0, 0.05) is 42.9 Å². The Morgan fingerprint density at radius 2 is 2.16 bits per heavy atom. The first-order valence-corrected chi connectivity index (χ1v) is 10.3. The molecule has 8 nitrogen and oxygen atoms in total. The maximum Gasteiger partial charge on any atom is 0.357 e. The van der Waals surface area contributed by atoms with Crippen molar-refractivity contribution >= 4 is 23.7 Å². The van der Waals surface area contributed by atoms with Crippen LogP contribution in [0.1, 0.15) is 35.1 Å². The van der Waals surface area contributed by atoms with E-state index >= 15 is 0 Å². The van der Waals surface area contributed by atoms with Gasteiger partial charge in [-0.15, -0.1) is 0 Å². The van der Waals surface area contributed by atoms with E-state index in [0.29, 0.717) is 35.7 Å². The van der Waals surface area contributed by atoms with Gasteiger partial charge in [0.2, 0.25) is 5.60 Å². The van der Waals surface area contributed by atoms with Crippen LogP contribution in [0.2, 0.25) is 0 Å². The van der Waals surface area contributed by atoms with E-state index in [-0.39, 0.29) is 18.7 Å². The molecule has 4 rings (SSSR count). The van der Waals surface area contributed by atoms with E-state index in [1.165, 1.54) is 4.90 Å². The first-order valence-electron chi connectivity index (χ1n) is 10.3. The highest BCUT2D eigenvalue weighted by atomic mass is 16.5. The number of carbonyl (C=O) groups is 2. The highest BCUT2D eigenvalue weighted by Gasteiger charge is 2.42. The molecule has 2 aliphatic rings. The van der Waals surface area contributed by atoms with Gasteiger partial charge in [0.05, 0.1) is 18.8 Å². The van der Waals surface area contributed by atoms with E-state index in [9.17, 15) is 14.7 Å². The molecule has 162 valence electrons. The third kappa shape index (κ3) is 4.29. The number of likely N-dealkylation sites (N-methyl/N-ethyl adjacent to an activating group) is 1. The number of likely N-dealkylation sites (tertiary alicyclic amines) is 1. The predicted molar refractivity (Wildman–Crippen MR) is 119 cm³/mol. The molecule has 1 atom stereocenters. The number of allylic oxidation sites excluding steroid dienone is 1. The summed E-state index contributed by atoms with van der Waals surface area (Å²) in [4.78, 5) is 39.2. The summed E-state index contributed by atoms with van der Waals surface area (Å²) in [6, 6.07) is 8.72. The Morgan fingerprint density at radius 1 is 1.31 bits per heavy atom. The Labute approximate surface area is 185 Å². The minimum Gasteiger partial charge on any atom is -0.461 e. The maximum absolute atomic E-state index is 12.4. The molecular weight excluding hydrogens is 408 g/mol. The number of carbonyl (C=O) groups excluding carboxylic acids is 2. The summed E-state index contributed by atoms with van der Waals surface area (Å²) in [6.45, 7) is 2.91. The lowest BCUT2D eigenvalue weighted by Crippen LogP contribution is -2.37. The Kier molecular flexibility index (Phi) is 5.84. The molecule has 0 aliphatic carbocycles. The maximum atomic E-state index is 12.4. The van der Waals surface area contributed by atoms with Crippen LogP contribution in [0.5, 0.6) is 0 Å². The Bertz CT molecular complexity index is 1210. The summed E-state index contributed by atoms with van der Waals surface area (Å²) < 4.78 is 5.12. The Morgan fingerprint density at radius 3 is 2.84 bits per heavy atom. The summed E-state index contributed by atoms with van der Waals surface area (Å²) in [6.07, 6.45) is 3.81. The SMILES string of the molecule is CCOC(=O)c1cc(C2=CC=NC2)nc(-c2cccc(C#C[C@]3(O)CCN(C)C3=O)c2)n1. The standard InChI is InChI=1S/C24H22N4O4/c1-3-32-22(29)20-14-19(18-8-11-25-15-18)26-21(27-20)17-6-4-5-16(13-17)7-9-24(31)10-12-28(2)23(24)30/h4-6,8,11,13-14,31H,3,10,12,15H2,1-2H3/t24-/m0/s1. The number of hydrogen-bond donors (Lipinski definition) is 1. The van der Waals surface area contributed by atoms with Gasteiger partial charge in [-0.1, -0.05) is 24.0 Å². The molecule has 2 aliphatic heterocycles. The van der Waals surface area contributed by atoms with E-state index in [2.05, 4.69) is 26.8 Å². The average Bonchev–Trinajstić information content (AvgIpc) is 3.43. The second-order valence-corrected chi connectivity index (χ2v) is 7.53. The molecule has 3 heterocycles. The highest BCUT2D eigenvalue weighted by molar-refractivity contribution is 5.92. The van der Waals surface area contributed by atoms with Crippen molar-refractivity contribution in [3.8, 4) is 23.2 Å². The molecule has 1 aromatic carbocycles. The van der Waals surface area contributed by atoms with E-state index in [1.54, 1.807) is 44.5 Å². The fourth-order valence-corrected chi connectivity index (χ4v) is 3.44. The smallest absolute Gasteiger partial charge is 0.357 e. The quantitative estimate of drug-likeness (QED) is 0.585. The molecule has 0 bridgehead atoms. The van der Waals surface area contributed by atoms with Gasteiger partial charge in [0.15, 0.2) is 11.5 Å². The van der Waals surface area contributed by atoms with E-state index in [4.69, 9.17) is 4.74 Å². The number of aliphatic imine (C=N–C) groups is 1. The van der Waals surface area contributed by atoms with E-state index < -0.39 is 17.5 Å². The van der Waals surface area contributed by atoms with Crippen LogP contribution in [0, 0.1) is 11.8 Å². The summed E-state index contributed by atoms with van der Waals surface area (Å²) in [5.74, 6) is 5.02. The number of benzene rings is 1. The summed E-state index contributed by atoms with van der Waals surface area (Å²) in [5.41, 5.74) is 1.19. The first-order chi connectivity index (χ1) is 15.4. The molecule has 32 heavy (non-hydrogen) atoms. The number of amides is 1. The van der Waals surface area contributed by atoms with Crippen molar-refractivity contribution in [2.75, 3.05) is 26.7 Å². The number of esters is 1. The number of rotatable bonds is 4. The van der Waals surface area contributed by atoms with Crippen LogP contribution in [0.25, 0.3) is 17.0 Å². The largest absolute Gasteiger partial charge is 0.461 e. The van der Waals surface area contributed by atoms with Crippen LogP contribution in [0.3, 0.4) is 0 Å². The van der Waals surface area contributed by atoms with Crippen LogP contribution < -0.4 is 0 Å². The molecule has 0 unspecified atom stereocenters. The first kappa shape index (κ1) is 21.4. The second-order valence-electron chi connectivity index (χ2n) is 7.53. The summed E-state index contributed by atoms with van der Waals surface area (Å²) in [7, 11) is 1.64. The average molecular weight is 430 g/mol. The zero-order valence-electron chi connectivity index (χ0n) is 17.8. The van der Waals surface area contributed by atoms with E-state index in [0.717, 1.165) is 5.57 Å². The lowest BCUT2D eigenvalue weighted by Gasteiger charge is -2.13. The van der Waals surface area contributed by atoms with Crippen molar-refractivity contribution in [1.82, 2.24) is 14.9 Å². The van der Waals surface area contributed by atoms with Gasteiger partial charge in [-0.05, 0) is 31.2 Å². The van der Waals surface area contributed by atoms with Gasteiger partial charge in [-0.3, -0.25) is 9.79 Å². The van der Waals surface area contributed by atoms with Gasteiger partial charge in [0.25, 0.3) is 5.91 Å². The Balaban J connectivity index is 1.70. The zero-order valence-corrected chi connectivity index (χ0v) is 17.8. The Hall–Kier alpha value is -3.83. The minimum atomic E-state index is -1.67. The highest BCUT2D eigenvalue weighted by Crippen LogP contribution is 2.24. The molecular formula is C24H22N4O4. The molecule has 1 saturated heterocycles. The third-order valence-corrected chi connectivity index (χ3v) is 5.23. The van der Waals surface area contributed by atoms with Gasteiger partial charge < -0.3 is 14.7 Å². The van der Waals surface area contributed by atoms with Crippen LogP contribution in [-0.2, 0) is 9.53 Å². The third-order valence-electron chi connectivity index (χ3n) is 5.23. The fourth-order valence-electron chi connectivity index (χ4n) is 3.44. The van der Waals surface area contributed by atoms with E-state index in [1.807, 2.05) is 12.1 Å². The van der Waals surface area contributed by atoms with Crippen LogP contribution >= 0.6 is 0 Å². The molecule has 0 radical (unpaired) electrons. The molecule has 1 amide bonds. The number of aliphatic hydroxyl groups is 1. The molecule has 2 aromatic rings. The summed E-state index contributed by atoms with van der Waals surface area (Å²) >= 11 is 0. The van der Waals surface area contributed by atoms with Crippen molar-refractivity contribution in [2.45, 2.75) is 18.9 Å². The minimum absolute atomic E-state index is 0.157.